The molecule has 0 rings (SSSR count). The van der Waals surface area contributed by atoms with Gasteiger partial charge in [-0.25, -0.2) is 0 Å². The number of unbranched alkanes of at least 4 members (excludes halogenated alkanes) is 4. The van der Waals surface area contributed by atoms with E-state index < -0.39 is 0 Å². The largest absolute Gasteiger partial charge is 0.369 e. The highest BCUT2D eigenvalue weighted by Gasteiger charge is 1.89. The summed E-state index contributed by atoms with van der Waals surface area (Å²) in [4.78, 5) is 9.93. The van der Waals surface area contributed by atoms with Crippen molar-refractivity contribution in [1.82, 2.24) is 0 Å². The van der Waals surface area contributed by atoms with Gasteiger partial charge in [0.15, 0.2) is 0 Å². The lowest BCUT2D eigenvalue weighted by molar-refractivity contribution is -0.107. The molecule has 0 amide bonds. The van der Waals surface area contributed by atoms with Crippen molar-refractivity contribution in [2.45, 2.75) is 32.1 Å². The van der Waals surface area contributed by atoms with Gasteiger partial charge in [0.25, 0.3) is 0 Å². The molecule has 0 aliphatic heterocycles. The molecular formula is C10H16O2. The molecule has 68 valence electrons. The summed E-state index contributed by atoms with van der Waals surface area (Å²) in [5, 5.41) is 0. The van der Waals surface area contributed by atoms with E-state index in [0.29, 0.717) is 13.0 Å². The Morgan fingerprint density at radius 3 is 2.67 bits per heavy atom. The van der Waals surface area contributed by atoms with Crippen LogP contribution in [0.25, 0.3) is 0 Å². The van der Waals surface area contributed by atoms with E-state index in [1.807, 2.05) is 0 Å². The second kappa shape index (κ2) is 10.2. The van der Waals surface area contributed by atoms with Gasteiger partial charge in [-0.05, 0) is 12.8 Å². The Bertz CT molecular complexity index is 135. The summed E-state index contributed by atoms with van der Waals surface area (Å²) in [6.07, 6.45) is 10.9. The summed E-state index contributed by atoms with van der Waals surface area (Å²) >= 11 is 0. The molecule has 0 N–H and O–H groups in total. The molecule has 0 unspecified atom stereocenters. The van der Waals surface area contributed by atoms with E-state index in [9.17, 15) is 4.79 Å². The minimum absolute atomic E-state index is 0.411. The first-order valence-corrected chi connectivity index (χ1v) is 4.36. The van der Waals surface area contributed by atoms with E-state index in [0.717, 1.165) is 38.6 Å². The van der Waals surface area contributed by atoms with Crippen LogP contribution < -0.4 is 0 Å². The van der Waals surface area contributed by atoms with Gasteiger partial charge in [-0.1, -0.05) is 18.8 Å². The molecular weight excluding hydrogens is 152 g/mol. The fourth-order valence-electron chi connectivity index (χ4n) is 0.916. The molecule has 0 fully saturated rings. The van der Waals surface area contributed by atoms with E-state index in [2.05, 4.69) is 5.92 Å². The first kappa shape index (κ1) is 11.2. The van der Waals surface area contributed by atoms with Crippen molar-refractivity contribution < 1.29 is 9.53 Å². The first-order chi connectivity index (χ1) is 5.91. The number of hydrogen-bond donors (Lipinski definition) is 0. The predicted molar refractivity (Wildman–Crippen MR) is 48.8 cm³/mol. The molecule has 0 radical (unpaired) electrons. The molecule has 0 aromatic carbocycles. The summed E-state index contributed by atoms with van der Waals surface area (Å²) in [6.45, 7) is 1.15. The minimum Gasteiger partial charge on any atom is -0.369 e. The molecule has 0 heterocycles. The minimum atomic E-state index is 0.411. The van der Waals surface area contributed by atoms with Crippen LogP contribution in [0.1, 0.15) is 32.1 Å². The van der Waals surface area contributed by atoms with Crippen LogP contribution in [0.15, 0.2) is 0 Å². The first-order valence-electron chi connectivity index (χ1n) is 4.36. The lowest BCUT2D eigenvalue weighted by atomic mass is 10.2. The highest BCUT2D eigenvalue weighted by atomic mass is 16.5. The van der Waals surface area contributed by atoms with Gasteiger partial charge in [0.05, 0.1) is 0 Å². The molecule has 2 nitrogen and oxygen atoms in total. The van der Waals surface area contributed by atoms with Crippen LogP contribution >= 0.6 is 0 Å². The highest BCUT2D eigenvalue weighted by molar-refractivity contribution is 5.48. The lowest BCUT2D eigenvalue weighted by Crippen LogP contribution is -1.94. The highest BCUT2D eigenvalue weighted by Crippen LogP contribution is 2.01. The molecule has 0 bridgehead atoms. The molecule has 0 saturated carbocycles. The zero-order chi connectivity index (χ0) is 9.07. The summed E-state index contributed by atoms with van der Waals surface area (Å²) in [6, 6.07) is 0. The van der Waals surface area contributed by atoms with Crippen molar-refractivity contribution in [3.05, 3.63) is 0 Å². The molecule has 0 aliphatic rings. The van der Waals surface area contributed by atoms with E-state index in [-0.39, 0.29) is 0 Å². The molecule has 2 heteroatoms. The van der Waals surface area contributed by atoms with E-state index in [1.165, 1.54) is 0 Å². The van der Waals surface area contributed by atoms with Crippen molar-refractivity contribution >= 4 is 6.29 Å². The van der Waals surface area contributed by atoms with Crippen LogP contribution in [0, 0.1) is 12.3 Å². The fourth-order valence-corrected chi connectivity index (χ4v) is 0.916. The number of rotatable bonds is 8. The number of terminal acetylenes is 1. The number of aldehydes is 1. The molecule has 0 atom stereocenters. The lowest BCUT2D eigenvalue weighted by Gasteiger charge is -1.99. The smallest absolute Gasteiger partial charge is 0.119 e. The van der Waals surface area contributed by atoms with Gasteiger partial charge in [-0.2, -0.15) is 0 Å². The van der Waals surface area contributed by atoms with Crippen LogP contribution in [0.3, 0.4) is 0 Å². The van der Waals surface area contributed by atoms with Gasteiger partial charge in [-0.15, -0.1) is 6.42 Å². The van der Waals surface area contributed by atoms with Crippen LogP contribution in [0.4, 0.5) is 0 Å². The van der Waals surface area contributed by atoms with Crippen LogP contribution in [0.2, 0.25) is 0 Å². The molecule has 0 aromatic heterocycles. The van der Waals surface area contributed by atoms with Crippen LogP contribution in [0.5, 0.6) is 0 Å². The molecule has 0 aliphatic carbocycles. The molecule has 0 aromatic rings. The quantitative estimate of drug-likeness (QED) is 0.314. The Labute approximate surface area is 74.3 Å². The Hall–Kier alpha value is -0.810. The summed E-state index contributed by atoms with van der Waals surface area (Å²) in [5.41, 5.74) is 0. The van der Waals surface area contributed by atoms with E-state index in [1.54, 1.807) is 0 Å². The monoisotopic (exact) mass is 168 g/mol. The van der Waals surface area contributed by atoms with Crippen molar-refractivity contribution in [1.29, 1.82) is 0 Å². The van der Waals surface area contributed by atoms with Gasteiger partial charge < -0.3 is 9.53 Å². The SMILES string of the molecule is C#CCOCCCCCCC=O. The average molecular weight is 168 g/mol. The number of hydrogen-bond acceptors (Lipinski definition) is 2. The van der Waals surface area contributed by atoms with Gasteiger partial charge in [0.2, 0.25) is 0 Å². The maximum Gasteiger partial charge on any atom is 0.119 e. The topological polar surface area (TPSA) is 26.3 Å². The Morgan fingerprint density at radius 1 is 1.25 bits per heavy atom. The van der Waals surface area contributed by atoms with Crippen LogP contribution in [-0.4, -0.2) is 19.5 Å². The maximum absolute atomic E-state index is 9.93. The third-order valence-corrected chi connectivity index (χ3v) is 1.55. The van der Waals surface area contributed by atoms with Gasteiger partial charge in [-0.3, -0.25) is 0 Å². The van der Waals surface area contributed by atoms with Crippen LogP contribution in [-0.2, 0) is 9.53 Å². The maximum atomic E-state index is 9.93. The van der Waals surface area contributed by atoms with E-state index >= 15 is 0 Å². The third kappa shape index (κ3) is 9.19. The average Bonchev–Trinajstić information content (AvgIpc) is 2.10. The Morgan fingerprint density at radius 2 is 2.00 bits per heavy atom. The van der Waals surface area contributed by atoms with Crippen molar-refractivity contribution in [2.24, 2.45) is 0 Å². The van der Waals surface area contributed by atoms with Gasteiger partial charge in [0.1, 0.15) is 12.9 Å². The van der Waals surface area contributed by atoms with Gasteiger partial charge in [0, 0.05) is 13.0 Å². The van der Waals surface area contributed by atoms with Gasteiger partial charge >= 0.3 is 0 Å². The number of carbonyl (C=O) groups is 1. The van der Waals surface area contributed by atoms with Crippen molar-refractivity contribution in [2.75, 3.05) is 13.2 Å². The normalized spacial score (nSPS) is 9.25. The predicted octanol–water partition coefficient (Wildman–Crippen LogP) is 1.79. The van der Waals surface area contributed by atoms with E-state index in [4.69, 9.17) is 11.2 Å². The molecule has 0 spiro atoms. The standard InChI is InChI=1S/C10H16O2/c1-2-9-12-10-7-5-3-4-6-8-11/h1,8H,3-7,9-10H2. The molecule has 0 saturated heterocycles. The second-order valence-corrected chi connectivity index (χ2v) is 2.63. The number of carbonyl (C=O) groups excluding carboxylic acids is 1. The Kier molecular flexibility index (Phi) is 9.50. The summed E-state index contributed by atoms with van der Waals surface area (Å²) in [7, 11) is 0. The van der Waals surface area contributed by atoms with Crippen molar-refractivity contribution in [3.8, 4) is 12.3 Å². The summed E-state index contributed by atoms with van der Waals surface area (Å²) in [5.74, 6) is 2.41. The Balaban J connectivity index is 2.82. The molecule has 12 heavy (non-hydrogen) atoms. The zero-order valence-corrected chi connectivity index (χ0v) is 7.42. The fraction of sp³-hybridized carbons (Fsp3) is 0.700. The third-order valence-electron chi connectivity index (χ3n) is 1.55. The zero-order valence-electron chi connectivity index (χ0n) is 7.42. The van der Waals surface area contributed by atoms with Crippen molar-refractivity contribution in [3.63, 3.8) is 0 Å². The number of ether oxygens (including phenoxy) is 1. The summed E-state index contributed by atoms with van der Waals surface area (Å²) < 4.78 is 5.08. The second-order valence-electron chi connectivity index (χ2n) is 2.63.